The Balaban J connectivity index is 4.88. The lowest BCUT2D eigenvalue weighted by atomic mass is 9.71. The van der Waals surface area contributed by atoms with E-state index in [1.165, 1.54) is 0 Å². The first kappa shape index (κ1) is 17.0. The van der Waals surface area contributed by atoms with Crippen molar-refractivity contribution >= 4 is 5.91 Å². The van der Waals surface area contributed by atoms with Gasteiger partial charge in [-0.25, -0.2) is 0 Å². The van der Waals surface area contributed by atoms with Crippen LogP contribution >= 0.6 is 0 Å². The van der Waals surface area contributed by atoms with Crippen molar-refractivity contribution < 1.29 is 4.79 Å². The average molecular weight is 252 g/mol. The first-order valence-electron chi connectivity index (χ1n) is 6.61. The van der Waals surface area contributed by atoms with E-state index >= 15 is 0 Å². The van der Waals surface area contributed by atoms with E-state index in [1.54, 1.807) is 11.9 Å². The van der Waals surface area contributed by atoms with E-state index in [-0.39, 0.29) is 22.7 Å². The van der Waals surface area contributed by atoms with Crippen molar-refractivity contribution in [3.8, 4) is 6.07 Å². The number of rotatable bonds is 4. The van der Waals surface area contributed by atoms with Crippen molar-refractivity contribution in [1.82, 2.24) is 4.90 Å². The Morgan fingerprint density at radius 3 is 2.06 bits per heavy atom. The molecular weight excluding hydrogens is 224 g/mol. The van der Waals surface area contributed by atoms with Crippen LogP contribution in [0.3, 0.4) is 0 Å². The minimum Gasteiger partial charge on any atom is -0.344 e. The van der Waals surface area contributed by atoms with Crippen molar-refractivity contribution in [3.63, 3.8) is 0 Å². The van der Waals surface area contributed by atoms with Gasteiger partial charge in [-0.3, -0.25) is 4.79 Å². The Morgan fingerprint density at radius 1 is 1.22 bits per heavy atom. The van der Waals surface area contributed by atoms with E-state index < -0.39 is 0 Å². The van der Waals surface area contributed by atoms with Gasteiger partial charge in [-0.1, -0.05) is 41.5 Å². The molecule has 0 saturated carbocycles. The fraction of sp³-hybridized carbons (Fsp3) is 0.867. The van der Waals surface area contributed by atoms with Crippen molar-refractivity contribution in [1.29, 1.82) is 5.26 Å². The maximum atomic E-state index is 12.5. The zero-order valence-corrected chi connectivity index (χ0v) is 13.0. The lowest BCUT2D eigenvalue weighted by Crippen LogP contribution is -2.41. The van der Waals surface area contributed by atoms with E-state index in [0.29, 0.717) is 13.0 Å². The topological polar surface area (TPSA) is 44.1 Å². The molecule has 0 fully saturated rings. The van der Waals surface area contributed by atoms with Crippen LogP contribution in [0.15, 0.2) is 0 Å². The summed E-state index contributed by atoms with van der Waals surface area (Å²) in [4.78, 5) is 14.2. The summed E-state index contributed by atoms with van der Waals surface area (Å²) >= 11 is 0. The van der Waals surface area contributed by atoms with Crippen molar-refractivity contribution in [2.75, 3.05) is 13.6 Å². The smallest absolute Gasteiger partial charge is 0.226 e. The third-order valence-electron chi connectivity index (χ3n) is 3.10. The molecule has 0 aromatic rings. The molecule has 0 bridgehead atoms. The van der Waals surface area contributed by atoms with E-state index in [4.69, 9.17) is 5.26 Å². The highest BCUT2D eigenvalue weighted by Gasteiger charge is 2.35. The molecule has 0 aromatic carbocycles. The summed E-state index contributed by atoms with van der Waals surface area (Å²) in [6.45, 7) is 13.3. The molecule has 0 N–H and O–H groups in total. The maximum absolute atomic E-state index is 12.5. The molecule has 3 nitrogen and oxygen atoms in total. The summed E-state index contributed by atoms with van der Waals surface area (Å²) in [5, 5.41) is 8.59. The van der Waals surface area contributed by atoms with Gasteiger partial charge in [0.2, 0.25) is 5.91 Å². The Bertz CT molecular complexity index is 315. The second-order valence-corrected chi connectivity index (χ2v) is 7.35. The van der Waals surface area contributed by atoms with E-state index in [0.717, 1.165) is 6.42 Å². The highest BCUT2D eigenvalue weighted by molar-refractivity contribution is 5.79. The van der Waals surface area contributed by atoms with Gasteiger partial charge in [0.05, 0.1) is 12.5 Å². The molecule has 104 valence electrons. The van der Waals surface area contributed by atoms with Crippen LogP contribution in [0.4, 0.5) is 0 Å². The lowest BCUT2D eigenvalue weighted by molar-refractivity contribution is -0.139. The second kappa shape index (κ2) is 6.22. The Hall–Kier alpha value is -1.04. The zero-order valence-electron chi connectivity index (χ0n) is 13.0. The number of nitrogens with zero attached hydrogens (tertiary/aromatic N) is 2. The van der Waals surface area contributed by atoms with Crippen LogP contribution in [-0.4, -0.2) is 24.4 Å². The van der Waals surface area contributed by atoms with Crippen LogP contribution in [0.2, 0.25) is 0 Å². The number of carbonyl (C=O) groups excluding carboxylic acids is 1. The first-order valence-corrected chi connectivity index (χ1v) is 6.61. The highest BCUT2D eigenvalue weighted by Crippen LogP contribution is 2.37. The van der Waals surface area contributed by atoms with Gasteiger partial charge in [0.25, 0.3) is 0 Å². The maximum Gasteiger partial charge on any atom is 0.226 e. The SMILES string of the molecule is CN(CCC#N)C(=O)C(CC(C)(C)C)C(C)(C)C. The van der Waals surface area contributed by atoms with Gasteiger partial charge >= 0.3 is 0 Å². The molecule has 0 aromatic heterocycles. The molecule has 1 unspecified atom stereocenters. The number of hydrogen-bond donors (Lipinski definition) is 0. The van der Waals surface area contributed by atoms with Gasteiger partial charge in [-0.15, -0.1) is 0 Å². The van der Waals surface area contributed by atoms with Crippen LogP contribution in [0, 0.1) is 28.1 Å². The third kappa shape index (κ3) is 6.05. The Kier molecular flexibility index (Phi) is 5.86. The minimum absolute atomic E-state index is 0.00110. The summed E-state index contributed by atoms with van der Waals surface area (Å²) in [5.41, 5.74) is 0.0783. The molecule has 1 atom stereocenters. The predicted molar refractivity (Wildman–Crippen MR) is 74.9 cm³/mol. The van der Waals surface area contributed by atoms with Crippen LogP contribution in [0.1, 0.15) is 54.4 Å². The molecule has 0 aliphatic rings. The lowest BCUT2D eigenvalue weighted by Gasteiger charge is -2.36. The Morgan fingerprint density at radius 2 is 1.72 bits per heavy atom. The van der Waals surface area contributed by atoms with E-state index in [9.17, 15) is 4.79 Å². The van der Waals surface area contributed by atoms with Gasteiger partial charge in [-0.05, 0) is 17.3 Å². The zero-order chi connectivity index (χ0) is 14.6. The summed E-state index contributed by atoms with van der Waals surface area (Å²) in [7, 11) is 1.79. The van der Waals surface area contributed by atoms with Gasteiger partial charge in [0.1, 0.15) is 0 Å². The van der Waals surface area contributed by atoms with Crippen LogP contribution in [-0.2, 0) is 4.79 Å². The van der Waals surface area contributed by atoms with Crippen molar-refractivity contribution in [2.24, 2.45) is 16.7 Å². The standard InChI is InChI=1S/C15H28N2O/c1-14(2,3)11-12(15(4,5)6)13(18)17(7)10-8-9-16/h12H,8,10-11H2,1-7H3. The molecule has 0 heterocycles. The van der Waals surface area contributed by atoms with Crippen LogP contribution < -0.4 is 0 Å². The summed E-state index contributed by atoms with van der Waals surface area (Å²) < 4.78 is 0. The average Bonchev–Trinajstić information content (AvgIpc) is 2.18. The highest BCUT2D eigenvalue weighted by atomic mass is 16.2. The van der Waals surface area contributed by atoms with E-state index in [1.807, 2.05) is 0 Å². The largest absolute Gasteiger partial charge is 0.344 e. The Labute approximate surface area is 112 Å². The molecule has 0 aliphatic heterocycles. The molecular formula is C15H28N2O. The molecule has 18 heavy (non-hydrogen) atoms. The molecule has 0 rings (SSSR count). The number of hydrogen-bond acceptors (Lipinski definition) is 2. The second-order valence-electron chi connectivity index (χ2n) is 7.35. The van der Waals surface area contributed by atoms with Crippen molar-refractivity contribution in [2.45, 2.75) is 54.4 Å². The molecule has 0 aliphatic carbocycles. The molecule has 3 heteroatoms. The fourth-order valence-corrected chi connectivity index (χ4v) is 1.97. The van der Waals surface area contributed by atoms with Gasteiger partial charge in [0.15, 0.2) is 0 Å². The van der Waals surface area contributed by atoms with Gasteiger partial charge < -0.3 is 4.90 Å². The molecule has 1 amide bonds. The van der Waals surface area contributed by atoms with Gasteiger partial charge in [0, 0.05) is 19.5 Å². The quantitative estimate of drug-likeness (QED) is 0.769. The van der Waals surface area contributed by atoms with Gasteiger partial charge in [-0.2, -0.15) is 5.26 Å². The fourth-order valence-electron chi connectivity index (χ4n) is 1.97. The van der Waals surface area contributed by atoms with Crippen LogP contribution in [0.5, 0.6) is 0 Å². The number of amides is 1. The number of carbonyl (C=O) groups is 1. The van der Waals surface area contributed by atoms with Crippen LogP contribution in [0.25, 0.3) is 0 Å². The van der Waals surface area contributed by atoms with Crippen molar-refractivity contribution in [3.05, 3.63) is 0 Å². The monoisotopic (exact) mass is 252 g/mol. The molecule has 0 saturated heterocycles. The van der Waals surface area contributed by atoms with E-state index in [2.05, 4.69) is 47.6 Å². The summed E-state index contributed by atoms with van der Waals surface area (Å²) in [6, 6.07) is 2.09. The summed E-state index contributed by atoms with van der Waals surface area (Å²) in [5.74, 6) is 0.161. The number of nitriles is 1. The normalized spacial score (nSPS) is 13.9. The first-order chi connectivity index (χ1) is 7.99. The third-order valence-corrected chi connectivity index (χ3v) is 3.10. The molecule has 0 spiro atoms. The summed E-state index contributed by atoms with van der Waals surface area (Å²) in [6.07, 6.45) is 1.26. The molecule has 0 radical (unpaired) electrons. The predicted octanol–water partition coefficient (Wildman–Crippen LogP) is 3.46. The minimum atomic E-state index is -0.0503.